The number of benzene rings is 1. The molecule has 0 radical (unpaired) electrons. The van der Waals surface area contributed by atoms with Crippen LogP contribution in [0.5, 0.6) is 11.5 Å². The predicted octanol–water partition coefficient (Wildman–Crippen LogP) is 2.54. The van der Waals surface area contributed by atoms with E-state index in [2.05, 4.69) is 0 Å². The molecule has 0 saturated heterocycles. The lowest BCUT2D eigenvalue weighted by atomic mass is 10.1. The number of aldehydes is 1. The average Bonchev–Trinajstić information content (AvgIpc) is 2.44. The summed E-state index contributed by atoms with van der Waals surface area (Å²) in [5.74, 6) is 0.543. The molecule has 20 heavy (non-hydrogen) atoms. The van der Waals surface area contributed by atoms with Crippen molar-refractivity contribution in [1.29, 1.82) is 0 Å². The van der Waals surface area contributed by atoms with Crippen molar-refractivity contribution in [3.8, 4) is 11.5 Å². The van der Waals surface area contributed by atoms with Gasteiger partial charge in [0.1, 0.15) is 11.5 Å². The summed E-state index contributed by atoms with van der Waals surface area (Å²) in [6.07, 6.45) is 1.57. The van der Waals surface area contributed by atoms with Crippen LogP contribution in [0.3, 0.4) is 0 Å². The molecular formula is C15H20O5. The van der Waals surface area contributed by atoms with Crippen molar-refractivity contribution < 1.29 is 23.8 Å². The van der Waals surface area contributed by atoms with E-state index in [0.29, 0.717) is 42.1 Å². The lowest BCUT2D eigenvalue weighted by molar-refractivity contribution is -0.145. The van der Waals surface area contributed by atoms with Crippen LogP contribution in [0, 0.1) is 6.92 Å². The third-order valence-electron chi connectivity index (χ3n) is 2.61. The largest absolute Gasteiger partial charge is 0.493 e. The van der Waals surface area contributed by atoms with E-state index >= 15 is 0 Å². The molecule has 1 aromatic rings. The minimum absolute atomic E-state index is 0.229. The number of rotatable bonds is 8. The maximum atomic E-state index is 11.3. The number of ether oxygens (including phenoxy) is 3. The first-order valence-electron chi connectivity index (χ1n) is 6.64. The van der Waals surface area contributed by atoms with Gasteiger partial charge < -0.3 is 14.2 Å². The molecule has 1 aromatic carbocycles. The monoisotopic (exact) mass is 280 g/mol. The fraction of sp³-hybridized carbons (Fsp3) is 0.467. The lowest BCUT2D eigenvalue weighted by Crippen LogP contribution is -2.16. The maximum absolute atomic E-state index is 11.3. The molecule has 0 heterocycles. The van der Waals surface area contributed by atoms with E-state index in [1.165, 1.54) is 0 Å². The van der Waals surface area contributed by atoms with Gasteiger partial charge in [0.2, 0.25) is 0 Å². The molecule has 0 N–H and O–H groups in total. The fourth-order valence-corrected chi connectivity index (χ4v) is 1.68. The number of hydrogen-bond donors (Lipinski definition) is 0. The van der Waals surface area contributed by atoms with Crippen molar-refractivity contribution >= 4 is 12.3 Å². The molecule has 0 amide bonds. The smallest absolute Gasteiger partial charge is 0.344 e. The highest BCUT2D eigenvalue weighted by Gasteiger charge is 2.14. The average molecular weight is 280 g/mol. The van der Waals surface area contributed by atoms with Gasteiger partial charge in [-0.1, -0.05) is 6.92 Å². The van der Waals surface area contributed by atoms with Crippen molar-refractivity contribution in [3.05, 3.63) is 23.3 Å². The molecule has 0 unspecified atom stereocenters. The molecule has 110 valence electrons. The zero-order valence-corrected chi connectivity index (χ0v) is 12.1. The Balaban J connectivity index is 2.90. The fourth-order valence-electron chi connectivity index (χ4n) is 1.68. The first kappa shape index (κ1) is 16.0. The highest BCUT2D eigenvalue weighted by atomic mass is 16.6. The van der Waals surface area contributed by atoms with Crippen molar-refractivity contribution in [2.24, 2.45) is 0 Å². The Bertz CT molecular complexity index is 468. The van der Waals surface area contributed by atoms with Crippen LogP contribution >= 0.6 is 0 Å². The standard InChI is InChI=1S/C15H20O5/c1-4-8-19-13-7-6-12(9-16)15(11(13)3)20-10-14(17)18-5-2/h6-7,9H,4-5,8,10H2,1-3H3. The Labute approximate surface area is 118 Å². The maximum Gasteiger partial charge on any atom is 0.344 e. The quantitative estimate of drug-likeness (QED) is 0.541. The van der Waals surface area contributed by atoms with Crippen LogP contribution in [0.2, 0.25) is 0 Å². The number of carbonyl (C=O) groups excluding carboxylic acids is 2. The zero-order valence-electron chi connectivity index (χ0n) is 12.1. The van der Waals surface area contributed by atoms with E-state index in [0.717, 1.165) is 6.42 Å². The lowest BCUT2D eigenvalue weighted by Gasteiger charge is -2.15. The van der Waals surface area contributed by atoms with Crippen molar-refractivity contribution in [2.75, 3.05) is 19.8 Å². The van der Waals surface area contributed by atoms with E-state index in [4.69, 9.17) is 14.2 Å². The van der Waals surface area contributed by atoms with Gasteiger partial charge in [-0.25, -0.2) is 4.79 Å². The van der Waals surface area contributed by atoms with Crippen LogP contribution in [0.1, 0.15) is 36.2 Å². The Morgan fingerprint density at radius 3 is 2.60 bits per heavy atom. The van der Waals surface area contributed by atoms with Crippen LogP contribution in [-0.4, -0.2) is 32.1 Å². The Hall–Kier alpha value is -2.04. The van der Waals surface area contributed by atoms with Crippen molar-refractivity contribution in [3.63, 3.8) is 0 Å². The number of esters is 1. The first-order valence-corrected chi connectivity index (χ1v) is 6.64. The van der Waals surface area contributed by atoms with Gasteiger partial charge in [0.25, 0.3) is 0 Å². The van der Waals surface area contributed by atoms with Crippen molar-refractivity contribution in [1.82, 2.24) is 0 Å². The van der Waals surface area contributed by atoms with Crippen LogP contribution in [0.15, 0.2) is 12.1 Å². The third kappa shape index (κ3) is 4.26. The Morgan fingerprint density at radius 2 is 2.00 bits per heavy atom. The molecule has 0 bridgehead atoms. The van der Waals surface area contributed by atoms with Gasteiger partial charge in [0.05, 0.1) is 18.8 Å². The highest BCUT2D eigenvalue weighted by molar-refractivity contribution is 5.81. The molecule has 1 rings (SSSR count). The summed E-state index contributed by atoms with van der Waals surface area (Å²) in [6, 6.07) is 3.34. The molecule has 0 aliphatic carbocycles. The molecule has 0 aliphatic rings. The first-order chi connectivity index (χ1) is 9.63. The minimum atomic E-state index is -0.469. The molecule has 0 saturated carbocycles. The predicted molar refractivity (Wildman–Crippen MR) is 74.5 cm³/mol. The van der Waals surface area contributed by atoms with Crippen LogP contribution in [0.4, 0.5) is 0 Å². The summed E-state index contributed by atoms with van der Waals surface area (Å²) in [7, 11) is 0. The number of hydrogen-bond acceptors (Lipinski definition) is 5. The van der Waals surface area contributed by atoms with E-state index in [-0.39, 0.29) is 6.61 Å². The molecular weight excluding hydrogens is 260 g/mol. The van der Waals surface area contributed by atoms with Gasteiger partial charge in [-0.2, -0.15) is 0 Å². The molecule has 0 fully saturated rings. The van der Waals surface area contributed by atoms with Crippen LogP contribution < -0.4 is 9.47 Å². The van der Waals surface area contributed by atoms with Gasteiger partial charge in [-0.05, 0) is 32.4 Å². The second-order valence-electron chi connectivity index (χ2n) is 4.17. The molecule has 0 aromatic heterocycles. The van der Waals surface area contributed by atoms with E-state index in [1.807, 2.05) is 6.92 Å². The Morgan fingerprint density at radius 1 is 1.25 bits per heavy atom. The molecule has 0 aliphatic heterocycles. The van der Waals surface area contributed by atoms with Crippen molar-refractivity contribution in [2.45, 2.75) is 27.2 Å². The topological polar surface area (TPSA) is 61.8 Å². The van der Waals surface area contributed by atoms with E-state index in [9.17, 15) is 9.59 Å². The summed E-state index contributed by atoms with van der Waals surface area (Å²) < 4.78 is 15.8. The Kier molecular flexibility index (Phi) is 6.56. The molecule has 5 heteroatoms. The summed E-state index contributed by atoms with van der Waals surface area (Å²) in [4.78, 5) is 22.4. The normalized spacial score (nSPS) is 9.95. The summed E-state index contributed by atoms with van der Waals surface area (Å²) in [5, 5.41) is 0. The van der Waals surface area contributed by atoms with Crippen LogP contribution in [-0.2, 0) is 9.53 Å². The highest BCUT2D eigenvalue weighted by Crippen LogP contribution is 2.31. The minimum Gasteiger partial charge on any atom is -0.493 e. The third-order valence-corrected chi connectivity index (χ3v) is 2.61. The van der Waals surface area contributed by atoms with Gasteiger partial charge in [-0.15, -0.1) is 0 Å². The molecule has 5 nitrogen and oxygen atoms in total. The van der Waals surface area contributed by atoms with Gasteiger partial charge in [0.15, 0.2) is 12.9 Å². The molecule has 0 spiro atoms. The van der Waals surface area contributed by atoms with Gasteiger partial charge in [-0.3, -0.25) is 4.79 Å². The second-order valence-corrected chi connectivity index (χ2v) is 4.17. The summed E-state index contributed by atoms with van der Waals surface area (Å²) >= 11 is 0. The zero-order chi connectivity index (χ0) is 15.0. The number of carbonyl (C=O) groups is 2. The summed E-state index contributed by atoms with van der Waals surface area (Å²) in [6.45, 7) is 6.16. The van der Waals surface area contributed by atoms with E-state index in [1.54, 1.807) is 26.0 Å². The molecule has 0 atom stereocenters. The van der Waals surface area contributed by atoms with Gasteiger partial charge in [0, 0.05) is 5.56 Å². The van der Waals surface area contributed by atoms with E-state index < -0.39 is 5.97 Å². The summed E-state index contributed by atoms with van der Waals surface area (Å²) in [5.41, 5.74) is 1.09. The second kappa shape index (κ2) is 8.19. The van der Waals surface area contributed by atoms with Gasteiger partial charge >= 0.3 is 5.97 Å². The SMILES string of the molecule is CCCOc1ccc(C=O)c(OCC(=O)OCC)c1C. The van der Waals surface area contributed by atoms with Crippen LogP contribution in [0.25, 0.3) is 0 Å².